The average Bonchev–Trinajstić information content (AvgIpc) is 2.69. The van der Waals surface area contributed by atoms with Crippen LogP contribution < -0.4 is 5.32 Å². The van der Waals surface area contributed by atoms with Gasteiger partial charge in [0.2, 0.25) is 0 Å². The van der Waals surface area contributed by atoms with Crippen molar-refractivity contribution in [2.45, 2.75) is 13.3 Å². The third kappa shape index (κ3) is 5.57. The van der Waals surface area contributed by atoms with E-state index in [1.54, 1.807) is 18.2 Å². The van der Waals surface area contributed by atoms with Gasteiger partial charge in [0.05, 0.1) is 0 Å². The topological polar surface area (TPSA) is 52.9 Å². The molecule has 3 nitrogen and oxygen atoms in total. The van der Waals surface area contributed by atoms with Crippen molar-refractivity contribution < 1.29 is 4.79 Å². The Morgan fingerprint density at radius 1 is 1.10 bits per heavy atom. The van der Waals surface area contributed by atoms with E-state index in [2.05, 4.69) is 21.2 Å². The van der Waals surface area contributed by atoms with Crippen LogP contribution in [0.15, 0.2) is 76.8 Å². The van der Waals surface area contributed by atoms with Gasteiger partial charge in [0.15, 0.2) is 0 Å². The molecule has 29 heavy (non-hydrogen) atoms. The molecular formula is C24H18BrClN2O. The number of rotatable bonds is 5. The number of nitriles is 1. The summed E-state index contributed by atoms with van der Waals surface area (Å²) < 4.78 is 1.00. The molecule has 3 aromatic carbocycles. The maximum Gasteiger partial charge on any atom is 0.266 e. The fourth-order valence-electron chi connectivity index (χ4n) is 2.93. The number of carbonyl (C=O) groups excluding carboxylic acids is 1. The fraction of sp³-hybridized carbons (Fsp3) is 0.0833. The minimum absolute atomic E-state index is 0.0159. The van der Waals surface area contributed by atoms with E-state index in [4.69, 9.17) is 11.6 Å². The molecule has 0 bridgehead atoms. The van der Waals surface area contributed by atoms with E-state index in [1.807, 2.05) is 67.6 Å². The van der Waals surface area contributed by atoms with Gasteiger partial charge in [-0.1, -0.05) is 63.9 Å². The van der Waals surface area contributed by atoms with Gasteiger partial charge < -0.3 is 5.32 Å². The summed E-state index contributed by atoms with van der Waals surface area (Å²) in [5.74, 6) is -0.454. The molecule has 0 saturated heterocycles. The first kappa shape index (κ1) is 20.9. The first-order valence-corrected chi connectivity index (χ1v) is 10.1. The molecule has 3 aromatic rings. The SMILES string of the molecule is Cc1cccc(NC(=O)/C(C#N)=C/c2cc(Cl)ccc2Cc2ccccc2Br)c1. The zero-order valence-electron chi connectivity index (χ0n) is 15.7. The van der Waals surface area contributed by atoms with Crippen molar-refractivity contribution >= 4 is 45.2 Å². The summed E-state index contributed by atoms with van der Waals surface area (Å²) >= 11 is 9.75. The second-order valence-corrected chi connectivity index (χ2v) is 7.90. The minimum atomic E-state index is -0.454. The second-order valence-electron chi connectivity index (χ2n) is 6.60. The van der Waals surface area contributed by atoms with E-state index >= 15 is 0 Å². The number of aryl methyl sites for hydroxylation is 1. The van der Waals surface area contributed by atoms with Crippen molar-refractivity contribution in [1.82, 2.24) is 0 Å². The number of nitrogens with one attached hydrogen (secondary N) is 1. The van der Waals surface area contributed by atoms with Crippen LogP contribution in [-0.2, 0) is 11.2 Å². The number of anilines is 1. The summed E-state index contributed by atoms with van der Waals surface area (Å²) in [5.41, 5.74) is 4.50. The predicted octanol–water partition coefficient (Wildman–Crippen LogP) is 6.55. The molecule has 1 N–H and O–H groups in total. The van der Waals surface area contributed by atoms with Crippen LogP contribution in [0.2, 0.25) is 5.02 Å². The van der Waals surface area contributed by atoms with E-state index < -0.39 is 5.91 Å². The number of hydrogen-bond donors (Lipinski definition) is 1. The largest absolute Gasteiger partial charge is 0.321 e. The highest BCUT2D eigenvalue weighted by atomic mass is 79.9. The zero-order chi connectivity index (χ0) is 20.8. The van der Waals surface area contributed by atoms with Gasteiger partial charge >= 0.3 is 0 Å². The number of amides is 1. The van der Waals surface area contributed by atoms with Gasteiger partial charge in [0.25, 0.3) is 5.91 Å². The van der Waals surface area contributed by atoms with Crippen LogP contribution in [0.25, 0.3) is 6.08 Å². The molecule has 5 heteroatoms. The normalized spacial score (nSPS) is 11.0. The predicted molar refractivity (Wildman–Crippen MR) is 122 cm³/mol. The van der Waals surface area contributed by atoms with Crippen LogP contribution in [0.1, 0.15) is 22.3 Å². The monoisotopic (exact) mass is 464 g/mol. The van der Waals surface area contributed by atoms with Crippen molar-refractivity contribution in [3.05, 3.63) is 104 Å². The Morgan fingerprint density at radius 2 is 1.90 bits per heavy atom. The fourth-order valence-corrected chi connectivity index (χ4v) is 3.54. The first-order chi connectivity index (χ1) is 14.0. The van der Waals surface area contributed by atoms with Crippen molar-refractivity contribution in [3.63, 3.8) is 0 Å². The molecule has 144 valence electrons. The minimum Gasteiger partial charge on any atom is -0.321 e. The van der Waals surface area contributed by atoms with E-state index in [1.165, 1.54) is 0 Å². The lowest BCUT2D eigenvalue weighted by molar-refractivity contribution is -0.112. The van der Waals surface area contributed by atoms with Gasteiger partial charge in [-0.3, -0.25) is 4.79 Å². The van der Waals surface area contributed by atoms with Gasteiger partial charge in [-0.25, -0.2) is 0 Å². The summed E-state index contributed by atoms with van der Waals surface area (Å²) in [5, 5.41) is 12.9. The Morgan fingerprint density at radius 3 is 2.62 bits per heavy atom. The molecule has 0 fully saturated rings. The van der Waals surface area contributed by atoms with Gasteiger partial charge in [-0.15, -0.1) is 0 Å². The molecule has 0 radical (unpaired) electrons. The smallest absolute Gasteiger partial charge is 0.266 e. The Labute approximate surface area is 183 Å². The number of benzene rings is 3. The molecule has 0 heterocycles. The summed E-state index contributed by atoms with van der Waals surface area (Å²) in [7, 11) is 0. The number of halogens is 2. The summed E-state index contributed by atoms with van der Waals surface area (Å²) in [6.07, 6.45) is 2.23. The third-order valence-corrected chi connectivity index (χ3v) is 5.40. The van der Waals surface area contributed by atoms with Crippen LogP contribution >= 0.6 is 27.5 Å². The summed E-state index contributed by atoms with van der Waals surface area (Å²) in [6.45, 7) is 1.94. The van der Waals surface area contributed by atoms with Gasteiger partial charge in [-0.05, 0) is 72.0 Å². The second kappa shape index (κ2) is 9.56. The highest BCUT2D eigenvalue weighted by Gasteiger charge is 2.12. The van der Waals surface area contributed by atoms with Crippen LogP contribution in [0, 0.1) is 18.3 Å². The lowest BCUT2D eigenvalue weighted by Crippen LogP contribution is -2.13. The van der Waals surface area contributed by atoms with Crippen molar-refractivity contribution in [2.24, 2.45) is 0 Å². The maximum absolute atomic E-state index is 12.6. The van der Waals surface area contributed by atoms with E-state index in [-0.39, 0.29) is 5.57 Å². The van der Waals surface area contributed by atoms with E-state index in [9.17, 15) is 10.1 Å². The van der Waals surface area contributed by atoms with Crippen LogP contribution in [-0.4, -0.2) is 5.91 Å². The molecular weight excluding hydrogens is 448 g/mol. The quantitative estimate of drug-likeness (QED) is 0.343. The van der Waals surface area contributed by atoms with Crippen molar-refractivity contribution in [1.29, 1.82) is 5.26 Å². The number of nitrogens with zero attached hydrogens (tertiary/aromatic N) is 1. The molecule has 0 spiro atoms. The lowest BCUT2D eigenvalue weighted by atomic mass is 9.98. The molecule has 3 rings (SSSR count). The molecule has 0 aliphatic carbocycles. The molecule has 0 unspecified atom stereocenters. The van der Waals surface area contributed by atoms with Gasteiger partial charge in [0.1, 0.15) is 11.6 Å². The van der Waals surface area contributed by atoms with Crippen molar-refractivity contribution in [2.75, 3.05) is 5.32 Å². The number of hydrogen-bond acceptors (Lipinski definition) is 2. The summed E-state index contributed by atoms with van der Waals surface area (Å²) in [4.78, 5) is 12.6. The van der Waals surface area contributed by atoms with Crippen molar-refractivity contribution in [3.8, 4) is 6.07 Å². The molecule has 0 aromatic heterocycles. The Hall–Kier alpha value is -2.87. The highest BCUT2D eigenvalue weighted by Crippen LogP contribution is 2.25. The lowest BCUT2D eigenvalue weighted by Gasteiger charge is -2.10. The molecule has 0 aliphatic heterocycles. The molecule has 0 saturated carbocycles. The van der Waals surface area contributed by atoms with Gasteiger partial charge in [-0.2, -0.15) is 5.26 Å². The number of carbonyl (C=O) groups is 1. The van der Waals surface area contributed by atoms with E-state index in [0.717, 1.165) is 26.7 Å². The first-order valence-electron chi connectivity index (χ1n) is 8.98. The molecule has 1 amide bonds. The standard InChI is InChI=1S/C24H18BrClN2O/c1-16-5-4-7-22(11-16)28-24(29)20(15-27)13-19-14-21(26)10-9-17(19)12-18-6-2-3-8-23(18)25/h2-11,13-14H,12H2,1H3,(H,28,29)/b20-13+. The van der Waals surface area contributed by atoms with Gasteiger partial charge in [0, 0.05) is 15.2 Å². The molecule has 0 atom stereocenters. The Balaban J connectivity index is 1.92. The van der Waals surface area contributed by atoms with Crippen LogP contribution in [0.4, 0.5) is 5.69 Å². The molecule has 0 aliphatic rings. The van der Waals surface area contributed by atoms with Crippen LogP contribution in [0.5, 0.6) is 0 Å². The highest BCUT2D eigenvalue weighted by molar-refractivity contribution is 9.10. The summed E-state index contributed by atoms with van der Waals surface area (Å²) in [6, 6.07) is 22.9. The third-order valence-electron chi connectivity index (χ3n) is 4.39. The average molecular weight is 466 g/mol. The Bertz CT molecular complexity index is 1130. The van der Waals surface area contributed by atoms with E-state index in [0.29, 0.717) is 17.1 Å². The Kier molecular flexibility index (Phi) is 6.87. The van der Waals surface area contributed by atoms with Crippen LogP contribution in [0.3, 0.4) is 0 Å². The maximum atomic E-state index is 12.6. The zero-order valence-corrected chi connectivity index (χ0v) is 18.1.